The minimum Gasteiger partial charge on any atom is -0.480 e. The number of carbonyl (C=O) groups is 4. The summed E-state index contributed by atoms with van der Waals surface area (Å²) in [6, 6.07) is -3.03. The molecule has 3 unspecified atom stereocenters. The molecular formula is C19H38N10O5. The summed E-state index contributed by atoms with van der Waals surface area (Å²) in [5.74, 6) is -3.61. The van der Waals surface area contributed by atoms with E-state index in [0.717, 1.165) is 0 Å². The number of aliphatic carboxylic acids is 1. The highest BCUT2D eigenvalue weighted by Gasteiger charge is 2.26. The predicted octanol–water partition coefficient (Wildman–Crippen LogP) is -3.75. The van der Waals surface area contributed by atoms with Crippen LogP contribution in [0.3, 0.4) is 0 Å². The van der Waals surface area contributed by atoms with Gasteiger partial charge in [-0.3, -0.25) is 24.4 Å². The summed E-state index contributed by atoms with van der Waals surface area (Å²) >= 11 is 0. The highest BCUT2D eigenvalue weighted by molar-refractivity contribution is 5.92. The monoisotopic (exact) mass is 486 g/mol. The molecule has 14 N–H and O–H groups in total. The molecule has 15 nitrogen and oxygen atoms in total. The Morgan fingerprint density at radius 1 is 0.853 bits per heavy atom. The van der Waals surface area contributed by atoms with Crippen molar-refractivity contribution in [3.8, 4) is 0 Å². The number of carboxylic acids is 1. The van der Waals surface area contributed by atoms with E-state index in [1.807, 2.05) is 0 Å². The van der Waals surface area contributed by atoms with Crippen molar-refractivity contribution in [2.45, 2.75) is 57.7 Å². The molecule has 0 bridgehead atoms. The van der Waals surface area contributed by atoms with Gasteiger partial charge in [0.15, 0.2) is 11.9 Å². The number of carboxylic acid groups (broad SMARTS) is 1. The molecule has 0 saturated heterocycles. The lowest BCUT2D eigenvalue weighted by Crippen LogP contribution is -2.54. The third kappa shape index (κ3) is 13.7. The van der Waals surface area contributed by atoms with Crippen molar-refractivity contribution in [2.75, 3.05) is 19.6 Å². The van der Waals surface area contributed by atoms with Crippen LogP contribution in [-0.4, -0.2) is 78.5 Å². The van der Waals surface area contributed by atoms with E-state index < -0.39 is 48.4 Å². The van der Waals surface area contributed by atoms with E-state index >= 15 is 0 Å². The van der Waals surface area contributed by atoms with Crippen molar-refractivity contribution in [2.24, 2.45) is 44.6 Å². The number of amides is 3. The molecule has 0 heterocycles. The molecule has 0 aromatic carbocycles. The summed E-state index contributed by atoms with van der Waals surface area (Å²) in [6.07, 6.45) is 1.25. The van der Waals surface area contributed by atoms with Crippen molar-refractivity contribution in [1.82, 2.24) is 16.0 Å². The number of nitrogens with one attached hydrogen (secondary N) is 3. The molecule has 34 heavy (non-hydrogen) atoms. The summed E-state index contributed by atoms with van der Waals surface area (Å²) in [5, 5.41) is 16.5. The van der Waals surface area contributed by atoms with Gasteiger partial charge in [0.25, 0.3) is 0 Å². The van der Waals surface area contributed by atoms with Crippen molar-refractivity contribution in [1.29, 1.82) is 0 Å². The number of aliphatic imine (C=N–C) groups is 2. The van der Waals surface area contributed by atoms with Gasteiger partial charge >= 0.3 is 5.97 Å². The second-order valence-corrected chi connectivity index (χ2v) is 7.91. The van der Waals surface area contributed by atoms with Gasteiger partial charge in [-0.1, -0.05) is 13.8 Å². The maximum Gasteiger partial charge on any atom is 0.326 e. The van der Waals surface area contributed by atoms with E-state index in [0.29, 0.717) is 19.4 Å². The second-order valence-electron chi connectivity index (χ2n) is 7.91. The number of guanidine groups is 2. The van der Waals surface area contributed by atoms with Gasteiger partial charge in [0.05, 0.1) is 12.6 Å². The van der Waals surface area contributed by atoms with Crippen LogP contribution in [0.4, 0.5) is 0 Å². The quantitative estimate of drug-likeness (QED) is 0.0583. The molecule has 0 radical (unpaired) electrons. The predicted molar refractivity (Wildman–Crippen MR) is 127 cm³/mol. The maximum absolute atomic E-state index is 12.6. The zero-order valence-electron chi connectivity index (χ0n) is 19.6. The van der Waals surface area contributed by atoms with E-state index in [2.05, 4.69) is 25.9 Å². The van der Waals surface area contributed by atoms with Crippen LogP contribution in [0.2, 0.25) is 0 Å². The molecule has 0 saturated carbocycles. The largest absolute Gasteiger partial charge is 0.480 e. The summed E-state index contributed by atoms with van der Waals surface area (Å²) in [7, 11) is 0. The van der Waals surface area contributed by atoms with Crippen LogP contribution in [0, 0.1) is 5.92 Å². The van der Waals surface area contributed by atoms with Gasteiger partial charge in [-0.2, -0.15) is 0 Å². The topological polar surface area (TPSA) is 279 Å². The highest BCUT2D eigenvalue weighted by atomic mass is 16.4. The summed E-state index contributed by atoms with van der Waals surface area (Å²) in [5.41, 5.74) is 26.9. The Hall–Kier alpha value is -3.62. The first-order chi connectivity index (χ1) is 15.8. The average Bonchev–Trinajstić information content (AvgIpc) is 2.74. The summed E-state index contributed by atoms with van der Waals surface area (Å²) in [6.45, 7) is 3.33. The molecule has 0 aliphatic carbocycles. The van der Waals surface area contributed by atoms with E-state index in [4.69, 9.17) is 33.8 Å². The lowest BCUT2D eigenvalue weighted by molar-refractivity contribution is -0.143. The molecule has 3 amide bonds. The minimum absolute atomic E-state index is 0.0670. The molecule has 0 aliphatic rings. The second kappa shape index (κ2) is 16.1. The van der Waals surface area contributed by atoms with Crippen LogP contribution >= 0.6 is 0 Å². The number of nitrogens with two attached hydrogens (primary N) is 5. The maximum atomic E-state index is 12.6. The first-order valence-corrected chi connectivity index (χ1v) is 10.8. The lowest BCUT2D eigenvalue weighted by Gasteiger charge is -2.21. The van der Waals surface area contributed by atoms with Gasteiger partial charge < -0.3 is 49.7 Å². The van der Waals surface area contributed by atoms with Crippen LogP contribution in [0.25, 0.3) is 0 Å². The van der Waals surface area contributed by atoms with Gasteiger partial charge in [0.1, 0.15) is 12.1 Å². The van der Waals surface area contributed by atoms with Gasteiger partial charge in [0.2, 0.25) is 17.7 Å². The Balaban J connectivity index is 4.98. The van der Waals surface area contributed by atoms with Crippen LogP contribution in [0.15, 0.2) is 9.98 Å². The van der Waals surface area contributed by atoms with Crippen LogP contribution in [-0.2, 0) is 19.2 Å². The molecular weight excluding hydrogens is 448 g/mol. The van der Waals surface area contributed by atoms with E-state index in [9.17, 15) is 19.2 Å². The van der Waals surface area contributed by atoms with E-state index in [-0.39, 0.29) is 37.2 Å². The number of carbonyl (C=O) groups excluding carboxylic acids is 3. The first kappa shape index (κ1) is 30.4. The molecule has 0 spiro atoms. The summed E-state index contributed by atoms with van der Waals surface area (Å²) in [4.78, 5) is 56.0. The van der Waals surface area contributed by atoms with Gasteiger partial charge in [-0.25, -0.2) is 4.79 Å². The fourth-order valence-electron chi connectivity index (χ4n) is 2.73. The first-order valence-electron chi connectivity index (χ1n) is 10.8. The van der Waals surface area contributed by atoms with Gasteiger partial charge in [-0.05, 0) is 31.6 Å². The molecule has 0 aromatic rings. The zero-order valence-corrected chi connectivity index (χ0v) is 19.6. The third-order valence-corrected chi connectivity index (χ3v) is 4.56. The molecule has 3 atom stereocenters. The number of rotatable bonds is 16. The Morgan fingerprint density at radius 3 is 1.85 bits per heavy atom. The third-order valence-electron chi connectivity index (χ3n) is 4.56. The van der Waals surface area contributed by atoms with E-state index in [1.54, 1.807) is 13.8 Å². The van der Waals surface area contributed by atoms with Gasteiger partial charge in [-0.15, -0.1) is 0 Å². The summed E-state index contributed by atoms with van der Waals surface area (Å²) < 4.78 is 0. The molecule has 15 heteroatoms. The van der Waals surface area contributed by atoms with Crippen LogP contribution < -0.4 is 44.6 Å². The lowest BCUT2D eigenvalue weighted by atomic mass is 10.0. The van der Waals surface area contributed by atoms with Crippen molar-refractivity contribution in [3.63, 3.8) is 0 Å². The number of hydrogen-bond donors (Lipinski definition) is 9. The molecule has 0 rings (SSSR count). The number of nitrogens with zero attached hydrogens (tertiary/aromatic N) is 2. The molecule has 0 aliphatic heterocycles. The van der Waals surface area contributed by atoms with Crippen molar-refractivity contribution >= 4 is 35.6 Å². The van der Waals surface area contributed by atoms with Crippen LogP contribution in [0.5, 0.6) is 0 Å². The Morgan fingerprint density at radius 2 is 1.38 bits per heavy atom. The fourth-order valence-corrected chi connectivity index (χ4v) is 2.73. The van der Waals surface area contributed by atoms with Gasteiger partial charge in [0, 0.05) is 13.1 Å². The van der Waals surface area contributed by atoms with Crippen molar-refractivity contribution in [3.05, 3.63) is 0 Å². The van der Waals surface area contributed by atoms with Crippen molar-refractivity contribution < 1.29 is 24.3 Å². The van der Waals surface area contributed by atoms with E-state index in [1.165, 1.54) is 0 Å². The standard InChI is InChI=1S/C19H38N10O5/c1-10(2)14(17(33)34)29-13(30)9-27-16(32)12(6-4-8-26-19(23)24)28-15(31)11(20)5-3-7-25-18(21)22/h10-12,14H,3-9,20H2,1-2H3,(H,27,32)(H,28,31)(H,29,30)(H,33,34)(H4,21,22,25)(H4,23,24,26). The SMILES string of the molecule is CC(C)C(NC(=O)CNC(=O)C(CCCN=C(N)N)NC(=O)C(N)CCCN=C(N)N)C(=O)O. The zero-order chi connectivity index (χ0) is 26.3. The Labute approximate surface area is 198 Å². The number of hydrogen-bond acceptors (Lipinski definition) is 7. The molecule has 0 aromatic heterocycles. The highest BCUT2D eigenvalue weighted by Crippen LogP contribution is 2.03. The van der Waals surface area contributed by atoms with Crippen LogP contribution in [0.1, 0.15) is 39.5 Å². The average molecular weight is 487 g/mol. The Kier molecular flexibility index (Phi) is 14.4. The smallest absolute Gasteiger partial charge is 0.326 e. The minimum atomic E-state index is -1.19. The fraction of sp³-hybridized carbons (Fsp3) is 0.684. The molecule has 0 fully saturated rings. The normalized spacial score (nSPS) is 13.2. The Bertz CT molecular complexity index is 748. The molecule has 194 valence electrons.